The Kier molecular flexibility index (Phi) is 4.43. The third kappa shape index (κ3) is 3.44. The van der Waals surface area contributed by atoms with Crippen molar-refractivity contribution in [3.05, 3.63) is 29.3 Å². The largest absolute Gasteiger partial charge is 0.452 e. The van der Waals surface area contributed by atoms with Crippen LogP contribution in [0.25, 0.3) is 0 Å². The minimum Gasteiger partial charge on any atom is -0.452 e. The molecular formula is C14H14Cl3NO3. The highest BCUT2D eigenvalue weighted by atomic mass is 35.5. The number of rotatable bonds is 4. The van der Waals surface area contributed by atoms with Crippen LogP contribution in [0.3, 0.4) is 0 Å². The van der Waals surface area contributed by atoms with Gasteiger partial charge in [0.15, 0.2) is 6.10 Å². The van der Waals surface area contributed by atoms with Crippen LogP contribution >= 0.6 is 34.8 Å². The Balaban J connectivity index is 1.93. The summed E-state index contributed by atoms with van der Waals surface area (Å²) in [6, 6.07) is 6.67. The summed E-state index contributed by atoms with van der Waals surface area (Å²) in [4.78, 5) is 23.9. The first-order chi connectivity index (χ1) is 9.65. The van der Waals surface area contributed by atoms with Crippen molar-refractivity contribution in [3.8, 4) is 0 Å². The Morgan fingerprint density at radius 1 is 1.38 bits per heavy atom. The van der Waals surface area contributed by atoms with Gasteiger partial charge in [-0.3, -0.25) is 9.59 Å². The zero-order valence-electron chi connectivity index (χ0n) is 11.5. The first kappa shape index (κ1) is 16.4. The Morgan fingerprint density at radius 3 is 2.52 bits per heavy atom. The summed E-state index contributed by atoms with van der Waals surface area (Å²) in [6.07, 6.45) is -0.650. The molecule has 0 unspecified atom stereocenters. The Bertz CT molecular complexity index is 591. The van der Waals surface area contributed by atoms with Crippen LogP contribution in [0.1, 0.15) is 20.3 Å². The lowest BCUT2D eigenvalue weighted by Gasteiger charge is -2.17. The number of hydrogen-bond donors (Lipinski definition) is 1. The molecular weight excluding hydrogens is 337 g/mol. The van der Waals surface area contributed by atoms with Gasteiger partial charge in [-0.2, -0.15) is 0 Å². The molecule has 1 aliphatic rings. The molecule has 0 heterocycles. The number of carbonyl (C=O) groups excluding carboxylic acids is 2. The monoisotopic (exact) mass is 349 g/mol. The lowest BCUT2D eigenvalue weighted by Crippen LogP contribution is -2.33. The van der Waals surface area contributed by atoms with Crippen LogP contribution in [-0.4, -0.2) is 22.3 Å². The molecule has 1 saturated carbocycles. The number of esters is 1. The predicted molar refractivity (Wildman–Crippen MR) is 82.8 cm³/mol. The summed E-state index contributed by atoms with van der Waals surface area (Å²) in [7, 11) is 0. The summed E-state index contributed by atoms with van der Waals surface area (Å²) in [6.45, 7) is 3.09. The average Bonchev–Trinajstić information content (AvgIpc) is 2.89. The third-order valence-corrected chi connectivity index (χ3v) is 4.79. The van der Waals surface area contributed by atoms with Gasteiger partial charge in [0.2, 0.25) is 0 Å². The zero-order valence-corrected chi connectivity index (χ0v) is 13.7. The smallest absolute Gasteiger partial charge is 0.315 e. The van der Waals surface area contributed by atoms with E-state index in [0.717, 1.165) is 0 Å². The first-order valence-corrected chi connectivity index (χ1v) is 7.44. The Labute approximate surface area is 137 Å². The summed E-state index contributed by atoms with van der Waals surface area (Å²) < 4.78 is 4.01. The number of benzene rings is 1. The fourth-order valence-corrected chi connectivity index (χ4v) is 2.65. The first-order valence-electron chi connectivity index (χ1n) is 6.31. The molecule has 7 heteroatoms. The topological polar surface area (TPSA) is 55.4 Å². The van der Waals surface area contributed by atoms with Crippen molar-refractivity contribution in [2.45, 2.75) is 30.7 Å². The summed E-state index contributed by atoms with van der Waals surface area (Å²) in [5, 5.41) is 3.11. The quantitative estimate of drug-likeness (QED) is 0.664. The second-order valence-corrected chi connectivity index (χ2v) is 7.18. The van der Waals surface area contributed by atoms with Crippen molar-refractivity contribution in [2.24, 2.45) is 5.41 Å². The number of nitrogens with one attached hydrogen (secondary N) is 1. The highest BCUT2D eigenvalue weighted by Crippen LogP contribution is 2.64. The standard InChI is InChI=1S/C14H14Cl3NO3/c1-8(21-12(20)13(2)7-14(13,16)17)11(19)18-10-5-3-4-9(15)6-10/h3-6,8H,7H2,1-2H3,(H,18,19)/t8-,13-/m1/s1. The van der Waals surface area contributed by atoms with Crippen LogP contribution in [0.5, 0.6) is 0 Å². The highest BCUT2D eigenvalue weighted by Gasteiger charge is 2.69. The van der Waals surface area contributed by atoms with Crippen LogP contribution in [0.15, 0.2) is 24.3 Å². The van der Waals surface area contributed by atoms with Crippen molar-refractivity contribution >= 4 is 52.4 Å². The molecule has 0 bridgehead atoms. The molecule has 2 rings (SSSR count). The van der Waals surface area contributed by atoms with Gasteiger partial charge >= 0.3 is 5.97 Å². The molecule has 0 saturated heterocycles. The number of halogens is 3. The maximum atomic E-state index is 12.0. The molecule has 21 heavy (non-hydrogen) atoms. The van der Waals surface area contributed by atoms with E-state index in [4.69, 9.17) is 39.5 Å². The predicted octanol–water partition coefficient (Wildman–Crippen LogP) is 3.79. The van der Waals surface area contributed by atoms with Gasteiger partial charge in [0.1, 0.15) is 9.75 Å². The van der Waals surface area contributed by atoms with E-state index >= 15 is 0 Å². The molecule has 0 spiro atoms. The van der Waals surface area contributed by atoms with Crippen molar-refractivity contribution in [3.63, 3.8) is 0 Å². The number of anilines is 1. The molecule has 1 aromatic carbocycles. The lowest BCUT2D eigenvalue weighted by molar-refractivity contribution is -0.158. The minimum absolute atomic E-state index is 0.310. The molecule has 4 nitrogen and oxygen atoms in total. The van der Waals surface area contributed by atoms with Crippen molar-refractivity contribution in [2.75, 3.05) is 5.32 Å². The maximum absolute atomic E-state index is 12.0. The van der Waals surface area contributed by atoms with E-state index < -0.39 is 27.7 Å². The van der Waals surface area contributed by atoms with E-state index in [2.05, 4.69) is 5.32 Å². The van der Waals surface area contributed by atoms with Crippen LogP contribution in [0, 0.1) is 5.41 Å². The number of amides is 1. The van der Waals surface area contributed by atoms with Crippen molar-refractivity contribution in [1.29, 1.82) is 0 Å². The van der Waals surface area contributed by atoms with Crippen molar-refractivity contribution < 1.29 is 14.3 Å². The van der Waals surface area contributed by atoms with Crippen LogP contribution in [0.2, 0.25) is 5.02 Å². The number of carbonyl (C=O) groups is 2. The van der Waals surface area contributed by atoms with Gasteiger partial charge in [0.05, 0.1) is 0 Å². The molecule has 114 valence electrons. The van der Waals surface area contributed by atoms with Crippen LogP contribution < -0.4 is 5.32 Å². The lowest BCUT2D eigenvalue weighted by atomic mass is 10.1. The number of alkyl halides is 2. The molecule has 1 aliphatic carbocycles. The SMILES string of the molecule is C[C@@H](OC(=O)[C@@]1(C)CC1(Cl)Cl)C(=O)Nc1cccc(Cl)c1. The molecule has 1 aromatic rings. The Morgan fingerprint density at radius 2 is 2.00 bits per heavy atom. The highest BCUT2D eigenvalue weighted by molar-refractivity contribution is 6.53. The molecule has 2 atom stereocenters. The second kappa shape index (κ2) is 5.67. The van der Waals surface area contributed by atoms with Gasteiger partial charge < -0.3 is 10.1 Å². The third-order valence-electron chi connectivity index (χ3n) is 3.45. The van der Waals surface area contributed by atoms with Gasteiger partial charge in [0, 0.05) is 17.1 Å². The van der Waals surface area contributed by atoms with Gasteiger partial charge in [-0.1, -0.05) is 17.7 Å². The van der Waals surface area contributed by atoms with E-state index in [1.807, 2.05) is 0 Å². The van der Waals surface area contributed by atoms with E-state index in [-0.39, 0.29) is 0 Å². The molecule has 1 amide bonds. The maximum Gasteiger partial charge on any atom is 0.315 e. The van der Waals surface area contributed by atoms with Gasteiger partial charge in [-0.15, -0.1) is 23.2 Å². The fraction of sp³-hybridized carbons (Fsp3) is 0.429. The van der Waals surface area contributed by atoms with Gasteiger partial charge in [-0.05, 0) is 32.0 Å². The van der Waals surface area contributed by atoms with E-state index in [9.17, 15) is 9.59 Å². The van der Waals surface area contributed by atoms with E-state index in [1.165, 1.54) is 6.92 Å². The van der Waals surface area contributed by atoms with Crippen LogP contribution in [-0.2, 0) is 14.3 Å². The summed E-state index contributed by atoms with van der Waals surface area (Å²) >= 11 is 17.6. The average molecular weight is 351 g/mol. The number of hydrogen-bond acceptors (Lipinski definition) is 3. The molecule has 0 radical (unpaired) electrons. The van der Waals surface area contributed by atoms with Gasteiger partial charge in [-0.25, -0.2) is 0 Å². The molecule has 1 fully saturated rings. The van der Waals surface area contributed by atoms with Crippen LogP contribution in [0.4, 0.5) is 5.69 Å². The minimum atomic E-state index is -1.12. The second-order valence-electron chi connectivity index (χ2n) is 5.26. The molecule has 0 aliphatic heterocycles. The Hall–Kier alpha value is -0.970. The zero-order chi connectivity index (χ0) is 15.8. The fourth-order valence-electron chi connectivity index (χ4n) is 1.78. The summed E-state index contributed by atoms with van der Waals surface area (Å²) in [5.41, 5.74) is -0.433. The van der Waals surface area contributed by atoms with E-state index in [1.54, 1.807) is 31.2 Å². The number of ether oxygens (including phenoxy) is 1. The molecule has 0 aromatic heterocycles. The van der Waals surface area contributed by atoms with Gasteiger partial charge in [0.25, 0.3) is 5.91 Å². The van der Waals surface area contributed by atoms with Crippen molar-refractivity contribution in [1.82, 2.24) is 0 Å². The normalized spacial score (nSPS) is 24.0. The summed E-state index contributed by atoms with van der Waals surface area (Å²) in [5.74, 6) is -1.04. The molecule has 1 N–H and O–H groups in total. The van der Waals surface area contributed by atoms with E-state index in [0.29, 0.717) is 17.1 Å².